The molecule has 2 saturated heterocycles. The van der Waals surface area contributed by atoms with E-state index in [2.05, 4.69) is 10.1 Å². The van der Waals surface area contributed by atoms with Gasteiger partial charge in [0.2, 0.25) is 0 Å². The molecule has 0 radical (unpaired) electrons. The van der Waals surface area contributed by atoms with Crippen LogP contribution in [0.1, 0.15) is 54.6 Å². The van der Waals surface area contributed by atoms with Gasteiger partial charge in [0.05, 0.1) is 37.4 Å². The first-order valence-electron chi connectivity index (χ1n) is 11.6. The first-order valence-corrected chi connectivity index (χ1v) is 11.6. The smallest absolute Gasteiger partial charge is 0.370 e. The molecule has 6 rings (SSSR count). The van der Waals surface area contributed by atoms with E-state index in [0.29, 0.717) is 31.1 Å². The third-order valence-corrected chi connectivity index (χ3v) is 7.47. The van der Waals surface area contributed by atoms with Gasteiger partial charge < -0.3 is 14.5 Å². The van der Waals surface area contributed by atoms with Crippen LogP contribution in [-0.4, -0.2) is 62.9 Å². The quantitative estimate of drug-likeness (QED) is 0.609. The van der Waals surface area contributed by atoms with Gasteiger partial charge in [-0.1, -0.05) is 0 Å². The van der Waals surface area contributed by atoms with E-state index in [4.69, 9.17) is 4.74 Å². The topological polar surface area (TPSA) is 63.5 Å². The minimum atomic E-state index is -4.54. The van der Waals surface area contributed by atoms with Crippen LogP contribution in [0.2, 0.25) is 0 Å². The number of aromatic nitrogens is 3. The lowest BCUT2D eigenvalue weighted by atomic mass is 9.61. The number of alkyl halides is 3. The molecule has 1 aromatic heterocycles. The van der Waals surface area contributed by atoms with Gasteiger partial charge in [-0.15, -0.1) is 0 Å². The molecule has 2 aliphatic heterocycles. The number of carbonyl (C=O) groups excluding carboxylic acids is 1. The molecule has 2 aromatic rings. The summed E-state index contributed by atoms with van der Waals surface area (Å²) in [7, 11) is 0. The fourth-order valence-corrected chi connectivity index (χ4v) is 5.25. The van der Waals surface area contributed by atoms with Crippen LogP contribution >= 0.6 is 0 Å². The predicted molar refractivity (Wildman–Crippen MR) is 111 cm³/mol. The fraction of sp³-hybridized carbons (Fsp3) is 0.609. The number of hydrogen-bond acceptors (Lipinski definition) is 4. The fourth-order valence-electron chi connectivity index (χ4n) is 5.25. The average Bonchev–Trinajstić information content (AvgIpc) is 3.43. The second-order valence-electron chi connectivity index (χ2n) is 10.2. The maximum atomic E-state index is 13.9. The van der Waals surface area contributed by atoms with Crippen molar-refractivity contribution in [1.29, 1.82) is 0 Å². The third kappa shape index (κ3) is 3.93. The summed E-state index contributed by atoms with van der Waals surface area (Å²) < 4.78 is 59.9. The summed E-state index contributed by atoms with van der Waals surface area (Å²) in [6.07, 6.45) is 1.34. The Kier molecular flexibility index (Phi) is 4.91. The highest BCUT2D eigenvalue weighted by atomic mass is 19.4. The molecular formula is C23H25F4N5O2. The molecule has 1 spiro atoms. The highest BCUT2D eigenvalue weighted by Crippen LogP contribution is 2.54. The zero-order chi connectivity index (χ0) is 23.7. The zero-order valence-corrected chi connectivity index (χ0v) is 18.5. The summed E-state index contributed by atoms with van der Waals surface area (Å²) in [5, 5.41) is 4.62. The van der Waals surface area contributed by atoms with E-state index in [1.165, 1.54) is 12.8 Å². The molecule has 7 nitrogen and oxygen atoms in total. The van der Waals surface area contributed by atoms with Gasteiger partial charge in [-0.25, -0.2) is 18.9 Å². The Labute approximate surface area is 193 Å². The minimum absolute atomic E-state index is 0.0454. The van der Waals surface area contributed by atoms with Gasteiger partial charge in [0.15, 0.2) is 5.82 Å². The molecule has 0 atom stereocenters. The van der Waals surface area contributed by atoms with Crippen LogP contribution in [0, 0.1) is 11.2 Å². The summed E-state index contributed by atoms with van der Waals surface area (Å²) >= 11 is 0. The highest BCUT2D eigenvalue weighted by molar-refractivity contribution is 5.76. The molecule has 4 aliphatic rings. The van der Waals surface area contributed by atoms with Crippen molar-refractivity contribution in [2.24, 2.45) is 5.41 Å². The van der Waals surface area contributed by atoms with Gasteiger partial charge in [-0.3, -0.25) is 0 Å². The first-order chi connectivity index (χ1) is 16.2. The summed E-state index contributed by atoms with van der Waals surface area (Å²) in [5.41, 5.74) is -0.871. The molecular weight excluding hydrogens is 454 g/mol. The van der Waals surface area contributed by atoms with E-state index >= 15 is 0 Å². The molecule has 0 bridgehead atoms. The average molecular weight is 479 g/mol. The van der Waals surface area contributed by atoms with Gasteiger partial charge in [0.1, 0.15) is 12.1 Å². The Morgan fingerprint density at radius 1 is 1.15 bits per heavy atom. The number of nitrogens with zero attached hydrogens (tertiary/aromatic N) is 5. The maximum Gasteiger partial charge on any atom is 0.416 e. The van der Waals surface area contributed by atoms with Crippen LogP contribution in [0.5, 0.6) is 0 Å². The van der Waals surface area contributed by atoms with Crippen LogP contribution < -0.4 is 0 Å². The number of rotatable bonds is 5. The zero-order valence-electron chi connectivity index (χ0n) is 18.5. The SMILES string of the molecule is O=C(N1CC(OCc2cc(C(F)(F)F)ccc2F)C1)N1CC2(CC(n3cnc(C4CC4)n3)C2)C1. The van der Waals surface area contributed by atoms with Gasteiger partial charge in [0, 0.05) is 30.0 Å². The summed E-state index contributed by atoms with van der Waals surface area (Å²) in [5.74, 6) is 0.761. The Hall–Kier alpha value is -2.69. The summed E-state index contributed by atoms with van der Waals surface area (Å²) in [6, 6.07) is 2.60. The van der Waals surface area contributed by atoms with Crippen molar-refractivity contribution in [3.05, 3.63) is 47.3 Å². The lowest BCUT2D eigenvalue weighted by Crippen LogP contribution is -2.68. The van der Waals surface area contributed by atoms with E-state index in [1.54, 1.807) is 4.90 Å². The maximum absolute atomic E-state index is 13.9. The first kappa shape index (κ1) is 21.8. The van der Waals surface area contributed by atoms with Crippen molar-refractivity contribution in [3.63, 3.8) is 0 Å². The minimum Gasteiger partial charge on any atom is -0.370 e. The molecule has 2 aliphatic carbocycles. The van der Waals surface area contributed by atoms with Crippen molar-refractivity contribution in [2.45, 2.75) is 56.5 Å². The van der Waals surface area contributed by atoms with Crippen LogP contribution in [0.4, 0.5) is 22.4 Å². The number of likely N-dealkylation sites (tertiary alicyclic amines) is 2. The van der Waals surface area contributed by atoms with Crippen molar-refractivity contribution in [2.75, 3.05) is 26.2 Å². The summed E-state index contributed by atoms with van der Waals surface area (Å²) in [6.45, 7) is 1.90. The molecule has 2 saturated carbocycles. The third-order valence-electron chi connectivity index (χ3n) is 7.47. The van der Waals surface area contributed by atoms with Crippen LogP contribution in [0.25, 0.3) is 0 Å². The predicted octanol–water partition coefficient (Wildman–Crippen LogP) is 3.97. The second-order valence-corrected chi connectivity index (χ2v) is 10.2. The number of hydrogen-bond donors (Lipinski definition) is 0. The molecule has 0 N–H and O–H groups in total. The molecule has 11 heteroatoms. The Morgan fingerprint density at radius 2 is 1.88 bits per heavy atom. The van der Waals surface area contributed by atoms with E-state index in [9.17, 15) is 22.4 Å². The Bertz CT molecular complexity index is 1100. The van der Waals surface area contributed by atoms with E-state index in [0.717, 1.165) is 43.9 Å². The van der Waals surface area contributed by atoms with E-state index in [1.807, 2.05) is 15.9 Å². The highest BCUT2D eigenvalue weighted by Gasteiger charge is 2.55. The molecule has 1 aromatic carbocycles. The molecule has 182 valence electrons. The molecule has 3 heterocycles. The number of benzene rings is 1. The lowest BCUT2D eigenvalue weighted by molar-refractivity contribution is -0.137. The number of halogens is 4. The number of amides is 2. The summed E-state index contributed by atoms with van der Waals surface area (Å²) in [4.78, 5) is 20.6. The number of ether oxygens (including phenoxy) is 1. The lowest BCUT2D eigenvalue weighted by Gasteiger charge is -2.59. The van der Waals surface area contributed by atoms with Gasteiger partial charge in [-0.2, -0.15) is 18.3 Å². The monoisotopic (exact) mass is 479 g/mol. The van der Waals surface area contributed by atoms with Gasteiger partial charge >= 0.3 is 12.2 Å². The Balaban J connectivity index is 0.934. The number of carbonyl (C=O) groups is 1. The molecule has 2 amide bonds. The standard InChI is InChI=1S/C23H25F4N5O2/c24-19-4-3-16(23(25,26)27)5-15(19)10-34-18-8-30(9-18)21(33)31-11-22(12-31)6-17(7-22)32-13-28-20(29-32)14-1-2-14/h3-5,13-14,17-18H,1-2,6-12H2. The van der Waals surface area contributed by atoms with Crippen LogP contribution in [0.15, 0.2) is 24.5 Å². The molecule has 34 heavy (non-hydrogen) atoms. The normalized spacial score (nSPS) is 22.5. The van der Waals surface area contributed by atoms with E-state index < -0.39 is 17.6 Å². The Morgan fingerprint density at radius 3 is 2.56 bits per heavy atom. The van der Waals surface area contributed by atoms with E-state index in [-0.39, 0.29) is 29.7 Å². The molecule has 0 unspecified atom stereocenters. The van der Waals surface area contributed by atoms with Crippen molar-refractivity contribution in [1.82, 2.24) is 24.6 Å². The van der Waals surface area contributed by atoms with Gasteiger partial charge in [0.25, 0.3) is 0 Å². The van der Waals surface area contributed by atoms with Crippen molar-refractivity contribution in [3.8, 4) is 0 Å². The largest absolute Gasteiger partial charge is 0.416 e. The second kappa shape index (κ2) is 7.66. The van der Waals surface area contributed by atoms with Gasteiger partial charge in [-0.05, 0) is 43.9 Å². The molecule has 4 fully saturated rings. The van der Waals surface area contributed by atoms with Crippen molar-refractivity contribution >= 4 is 6.03 Å². The number of urea groups is 1. The van der Waals surface area contributed by atoms with Crippen molar-refractivity contribution < 1.29 is 27.1 Å². The van der Waals surface area contributed by atoms with Crippen LogP contribution in [-0.2, 0) is 17.5 Å². The van der Waals surface area contributed by atoms with Crippen LogP contribution in [0.3, 0.4) is 0 Å².